The molecule has 0 saturated carbocycles. The molecule has 0 amide bonds. The van der Waals surface area contributed by atoms with E-state index in [4.69, 9.17) is 4.74 Å². The molecule has 0 fully saturated rings. The molecule has 28 heavy (non-hydrogen) atoms. The van der Waals surface area contributed by atoms with Gasteiger partial charge in [-0.25, -0.2) is 4.98 Å². The summed E-state index contributed by atoms with van der Waals surface area (Å²) in [6.45, 7) is 2.81. The van der Waals surface area contributed by atoms with Gasteiger partial charge in [0.1, 0.15) is 10.3 Å². The van der Waals surface area contributed by atoms with Crippen molar-refractivity contribution in [3.05, 3.63) is 56.6 Å². The molecule has 7 heteroatoms. The molecule has 0 spiro atoms. The molecule has 1 aromatic carbocycles. The SMILES string of the molecule is COC(=O)CSc1nc2c(=O)c3c(sc2n1Cc1ccccc1)CCC(C)C3. The molecule has 0 radical (unpaired) electrons. The third-order valence-electron chi connectivity index (χ3n) is 5.08. The molecule has 0 N–H and O–H groups in total. The van der Waals surface area contributed by atoms with E-state index in [2.05, 4.69) is 28.6 Å². The molecule has 5 nitrogen and oxygen atoms in total. The van der Waals surface area contributed by atoms with Gasteiger partial charge in [-0.3, -0.25) is 9.59 Å². The van der Waals surface area contributed by atoms with Crippen LogP contribution in [0.15, 0.2) is 40.3 Å². The Morgan fingerprint density at radius 2 is 2.14 bits per heavy atom. The van der Waals surface area contributed by atoms with Crippen molar-refractivity contribution in [1.29, 1.82) is 0 Å². The number of rotatable bonds is 5. The molecule has 1 aliphatic rings. The number of ether oxygens (including phenoxy) is 1. The summed E-state index contributed by atoms with van der Waals surface area (Å²) in [6.07, 6.45) is 2.90. The van der Waals surface area contributed by atoms with Crippen LogP contribution in [0.1, 0.15) is 29.3 Å². The Morgan fingerprint density at radius 1 is 1.36 bits per heavy atom. The highest BCUT2D eigenvalue weighted by atomic mass is 32.2. The van der Waals surface area contributed by atoms with E-state index < -0.39 is 0 Å². The largest absolute Gasteiger partial charge is 0.468 e. The van der Waals surface area contributed by atoms with Crippen LogP contribution >= 0.6 is 23.1 Å². The van der Waals surface area contributed by atoms with Crippen LogP contribution in [0.5, 0.6) is 0 Å². The van der Waals surface area contributed by atoms with Crippen LogP contribution in [-0.2, 0) is 28.9 Å². The molecule has 146 valence electrons. The van der Waals surface area contributed by atoms with Crippen LogP contribution in [0.25, 0.3) is 10.3 Å². The smallest absolute Gasteiger partial charge is 0.316 e. The predicted molar refractivity (Wildman–Crippen MR) is 113 cm³/mol. The Balaban J connectivity index is 1.83. The number of benzene rings is 1. The lowest BCUT2D eigenvalue weighted by atomic mass is 9.89. The monoisotopic (exact) mass is 414 g/mol. The zero-order chi connectivity index (χ0) is 19.7. The molecule has 1 atom stereocenters. The summed E-state index contributed by atoms with van der Waals surface area (Å²) >= 11 is 3.00. The van der Waals surface area contributed by atoms with E-state index in [9.17, 15) is 9.59 Å². The Bertz CT molecular complexity index is 1070. The Morgan fingerprint density at radius 3 is 2.89 bits per heavy atom. The van der Waals surface area contributed by atoms with Gasteiger partial charge in [0, 0.05) is 10.4 Å². The quantitative estimate of drug-likeness (QED) is 0.468. The highest BCUT2D eigenvalue weighted by Crippen LogP contribution is 2.33. The van der Waals surface area contributed by atoms with E-state index in [1.54, 1.807) is 11.3 Å². The lowest BCUT2D eigenvalue weighted by Gasteiger charge is -2.20. The number of thioether (sulfide) groups is 1. The highest BCUT2D eigenvalue weighted by molar-refractivity contribution is 7.99. The summed E-state index contributed by atoms with van der Waals surface area (Å²) in [5.74, 6) is 0.399. The van der Waals surface area contributed by atoms with Gasteiger partial charge in [0.2, 0.25) is 5.43 Å². The van der Waals surface area contributed by atoms with Crippen LogP contribution < -0.4 is 5.43 Å². The molecule has 1 unspecified atom stereocenters. The second-order valence-corrected chi connectivity index (χ2v) is 9.19. The first kappa shape index (κ1) is 19.2. The van der Waals surface area contributed by atoms with E-state index >= 15 is 0 Å². The van der Waals surface area contributed by atoms with Crippen molar-refractivity contribution >= 4 is 39.4 Å². The Hall–Kier alpha value is -2.12. The van der Waals surface area contributed by atoms with E-state index in [-0.39, 0.29) is 17.2 Å². The van der Waals surface area contributed by atoms with Gasteiger partial charge in [-0.1, -0.05) is 49.0 Å². The average Bonchev–Trinajstić information content (AvgIpc) is 3.05. The molecule has 1 aliphatic carbocycles. The lowest BCUT2D eigenvalue weighted by Crippen LogP contribution is -2.20. The van der Waals surface area contributed by atoms with Crippen molar-refractivity contribution in [1.82, 2.24) is 9.55 Å². The van der Waals surface area contributed by atoms with Crippen molar-refractivity contribution in [2.45, 2.75) is 37.9 Å². The first-order valence-corrected chi connectivity index (χ1v) is 11.2. The normalized spacial score (nSPS) is 16.1. The van der Waals surface area contributed by atoms with E-state index in [1.807, 2.05) is 18.2 Å². The number of methoxy groups -OCH3 is 1. The fourth-order valence-corrected chi connectivity index (χ4v) is 5.69. The van der Waals surface area contributed by atoms with Gasteiger partial charge in [-0.15, -0.1) is 11.3 Å². The van der Waals surface area contributed by atoms with Crippen LogP contribution in [0, 0.1) is 5.92 Å². The maximum absolute atomic E-state index is 13.2. The molecule has 4 rings (SSSR count). The second-order valence-electron chi connectivity index (χ2n) is 7.17. The topological polar surface area (TPSA) is 61.2 Å². The van der Waals surface area contributed by atoms with Crippen molar-refractivity contribution in [3.63, 3.8) is 0 Å². The second kappa shape index (κ2) is 8.09. The van der Waals surface area contributed by atoms with E-state index in [1.165, 1.54) is 23.7 Å². The third kappa shape index (κ3) is 3.73. The summed E-state index contributed by atoms with van der Waals surface area (Å²) in [4.78, 5) is 31.6. The number of aromatic nitrogens is 2. The van der Waals surface area contributed by atoms with E-state index in [0.717, 1.165) is 35.2 Å². The zero-order valence-electron chi connectivity index (χ0n) is 15.9. The van der Waals surface area contributed by atoms with Gasteiger partial charge < -0.3 is 9.30 Å². The molecule has 0 bridgehead atoms. The molecule has 0 aliphatic heterocycles. The number of carbonyl (C=O) groups excluding carboxylic acids is 1. The number of fused-ring (bicyclic) bond motifs is 2. The minimum absolute atomic E-state index is 0.0574. The molecular formula is C21H22N2O3S2. The lowest BCUT2D eigenvalue weighted by molar-refractivity contribution is -0.137. The van der Waals surface area contributed by atoms with Crippen molar-refractivity contribution in [3.8, 4) is 0 Å². The van der Waals surface area contributed by atoms with Gasteiger partial charge in [-0.2, -0.15) is 0 Å². The number of esters is 1. The van der Waals surface area contributed by atoms with Gasteiger partial charge in [0.05, 0.1) is 19.4 Å². The molecule has 0 saturated heterocycles. The average molecular weight is 415 g/mol. The first-order valence-electron chi connectivity index (χ1n) is 9.35. The summed E-state index contributed by atoms with van der Waals surface area (Å²) in [5, 5.41) is 0.688. The van der Waals surface area contributed by atoms with Crippen molar-refractivity contribution in [2.75, 3.05) is 12.9 Å². The number of carbonyl (C=O) groups is 1. The molecule has 2 aromatic heterocycles. The summed E-state index contributed by atoms with van der Waals surface area (Å²) < 4.78 is 6.84. The predicted octanol–water partition coefficient (Wildman–Crippen LogP) is 3.90. The number of imidazole rings is 1. The number of hydrogen-bond donors (Lipinski definition) is 0. The molecular weight excluding hydrogens is 392 g/mol. The van der Waals surface area contributed by atoms with Crippen LogP contribution in [-0.4, -0.2) is 28.4 Å². The van der Waals surface area contributed by atoms with Gasteiger partial charge in [0.15, 0.2) is 5.16 Å². The van der Waals surface area contributed by atoms with Crippen molar-refractivity contribution in [2.24, 2.45) is 5.92 Å². The maximum Gasteiger partial charge on any atom is 0.316 e. The van der Waals surface area contributed by atoms with Gasteiger partial charge in [-0.05, 0) is 30.7 Å². The van der Waals surface area contributed by atoms with Crippen LogP contribution in [0.4, 0.5) is 0 Å². The fourth-order valence-electron chi connectivity index (χ4n) is 3.55. The molecule has 3 aromatic rings. The minimum atomic E-state index is -0.303. The summed E-state index contributed by atoms with van der Waals surface area (Å²) in [5.41, 5.74) is 2.65. The fraction of sp³-hybridized carbons (Fsp3) is 0.381. The third-order valence-corrected chi connectivity index (χ3v) is 7.33. The van der Waals surface area contributed by atoms with Gasteiger partial charge >= 0.3 is 5.97 Å². The van der Waals surface area contributed by atoms with Crippen LogP contribution in [0.2, 0.25) is 0 Å². The summed E-state index contributed by atoms with van der Waals surface area (Å²) in [7, 11) is 1.38. The number of hydrogen-bond acceptors (Lipinski definition) is 6. The molecule has 2 heterocycles. The Kier molecular flexibility index (Phi) is 5.55. The first-order chi connectivity index (χ1) is 13.6. The van der Waals surface area contributed by atoms with E-state index in [0.29, 0.717) is 23.1 Å². The minimum Gasteiger partial charge on any atom is -0.468 e. The number of aryl methyl sites for hydroxylation is 1. The van der Waals surface area contributed by atoms with Crippen molar-refractivity contribution < 1.29 is 9.53 Å². The standard InChI is InChI=1S/C21H22N2O3S2/c1-13-8-9-16-15(10-13)19(25)18-20(28-16)23(11-14-6-4-3-5-7-14)21(22-18)27-12-17(24)26-2/h3-7,13H,8-12H2,1-2H3. The van der Waals surface area contributed by atoms with Crippen LogP contribution in [0.3, 0.4) is 0 Å². The zero-order valence-corrected chi connectivity index (χ0v) is 17.6. The number of nitrogens with zero attached hydrogens (tertiary/aromatic N) is 2. The Labute approximate surface area is 171 Å². The van der Waals surface area contributed by atoms with Gasteiger partial charge in [0.25, 0.3) is 0 Å². The maximum atomic E-state index is 13.2. The highest BCUT2D eigenvalue weighted by Gasteiger charge is 2.24. The summed E-state index contributed by atoms with van der Waals surface area (Å²) in [6, 6.07) is 10.1.